The van der Waals surface area contributed by atoms with Crippen LogP contribution in [-0.4, -0.2) is 4.98 Å². The maximum Gasteiger partial charge on any atom is 0.135 e. The summed E-state index contributed by atoms with van der Waals surface area (Å²) < 4.78 is 0. The maximum absolute atomic E-state index is 4.40. The van der Waals surface area contributed by atoms with E-state index >= 15 is 0 Å². The van der Waals surface area contributed by atoms with Crippen molar-refractivity contribution in [3.63, 3.8) is 0 Å². The average Bonchev–Trinajstić information content (AvgIpc) is 2.46. The molecule has 1 unspecified atom stereocenters. The lowest BCUT2D eigenvalue weighted by Crippen LogP contribution is -2.05. The van der Waals surface area contributed by atoms with E-state index in [0.29, 0.717) is 0 Å². The first-order valence-corrected chi connectivity index (χ1v) is 5.83. The van der Waals surface area contributed by atoms with Gasteiger partial charge in [-0.2, -0.15) is 0 Å². The second kappa shape index (κ2) is 3.77. The number of aromatic nitrogens is 1. The molecular weight excluding hydrogens is 210 g/mol. The van der Waals surface area contributed by atoms with Crippen LogP contribution in [0.1, 0.15) is 24.1 Å². The van der Waals surface area contributed by atoms with Crippen LogP contribution in [0.3, 0.4) is 0 Å². The normalized spacial score (nSPS) is 17.2. The van der Waals surface area contributed by atoms with Crippen LogP contribution < -0.4 is 10.6 Å². The molecule has 0 saturated carbocycles. The van der Waals surface area contributed by atoms with Gasteiger partial charge in [0.25, 0.3) is 0 Å². The van der Waals surface area contributed by atoms with E-state index in [1.54, 1.807) is 0 Å². The summed E-state index contributed by atoms with van der Waals surface area (Å²) >= 11 is 0. The van der Waals surface area contributed by atoms with Crippen molar-refractivity contribution in [2.45, 2.75) is 19.9 Å². The Morgan fingerprint density at radius 1 is 1.18 bits per heavy atom. The van der Waals surface area contributed by atoms with Gasteiger partial charge in [0.2, 0.25) is 0 Å². The number of hydrogen-bond donors (Lipinski definition) is 2. The van der Waals surface area contributed by atoms with Gasteiger partial charge in [0.15, 0.2) is 0 Å². The van der Waals surface area contributed by atoms with Gasteiger partial charge in [-0.3, -0.25) is 0 Å². The average molecular weight is 225 g/mol. The number of nitrogens with one attached hydrogen (secondary N) is 2. The number of nitrogens with zero attached hydrogens (tertiary/aromatic N) is 1. The van der Waals surface area contributed by atoms with Gasteiger partial charge in [0.05, 0.1) is 17.4 Å². The molecule has 0 fully saturated rings. The Hall–Kier alpha value is -2.03. The minimum Gasteiger partial charge on any atom is -0.377 e. The highest BCUT2D eigenvalue weighted by atomic mass is 15.1. The predicted octanol–water partition coefficient (Wildman–Crippen LogP) is 3.62. The van der Waals surface area contributed by atoms with Crippen molar-refractivity contribution in [3.8, 4) is 0 Å². The molecule has 0 bridgehead atoms. The third-order valence-electron chi connectivity index (χ3n) is 3.11. The van der Waals surface area contributed by atoms with Gasteiger partial charge in [-0.05, 0) is 37.6 Å². The Bertz CT molecular complexity index is 563. The van der Waals surface area contributed by atoms with Crippen LogP contribution in [0.25, 0.3) is 0 Å². The molecule has 1 aliphatic heterocycles. The van der Waals surface area contributed by atoms with Gasteiger partial charge < -0.3 is 10.6 Å². The fraction of sp³-hybridized carbons (Fsp3) is 0.214. The molecule has 0 aliphatic carbocycles. The highest BCUT2D eigenvalue weighted by molar-refractivity contribution is 5.77. The lowest BCUT2D eigenvalue weighted by atomic mass is 10.1. The molecule has 86 valence electrons. The van der Waals surface area contributed by atoms with E-state index in [0.717, 1.165) is 17.2 Å². The van der Waals surface area contributed by atoms with E-state index in [4.69, 9.17) is 0 Å². The number of benzene rings is 1. The third kappa shape index (κ3) is 1.73. The zero-order valence-corrected chi connectivity index (χ0v) is 9.99. The van der Waals surface area contributed by atoms with Crippen molar-refractivity contribution in [1.29, 1.82) is 0 Å². The molecule has 0 amide bonds. The molecule has 1 aromatic carbocycles. The third-order valence-corrected chi connectivity index (χ3v) is 3.11. The van der Waals surface area contributed by atoms with Gasteiger partial charge in [-0.25, -0.2) is 4.98 Å². The largest absolute Gasteiger partial charge is 0.377 e. The molecule has 3 nitrogen and oxygen atoms in total. The Morgan fingerprint density at radius 2 is 2.06 bits per heavy atom. The highest BCUT2D eigenvalue weighted by Gasteiger charge is 2.17. The predicted molar refractivity (Wildman–Crippen MR) is 70.7 cm³/mol. The summed E-state index contributed by atoms with van der Waals surface area (Å²) in [6.07, 6.45) is 1.82. The molecule has 2 N–H and O–H groups in total. The van der Waals surface area contributed by atoms with E-state index in [1.807, 2.05) is 12.3 Å². The van der Waals surface area contributed by atoms with Crippen molar-refractivity contribution in [1.82, 2.24) is 4.98 Å². The van der Waals surface area contributed by atoms with Crippen LogP contribution in [0, 0.1) is 6.92 Å². The molecule has 3 heteroatoms. The van der Waals surface area contributed by atoms with Crippen molar-refractivity contribution in [3.05, 3.63) is 47.7 Å². The molecule has 3 rings (SSSR count). The number of anilines is 3. The molecule has 0 spiro atoms. The van der Waals surface area contributed by atoms with Crippen molar-refractivity contribution >= 4 is 17.2 Å². The number of pyridine rings is 1. The molecule has 17 heavy (non-hydrogen) atoms. The van der Waals surface area contributed by atoms with Gasteiger partial charge in [0, 0.05) is 11.8 Å². The second-order valence-corrected chi connectivity index (χ2v) is 4.48. The van der Waals surface area contributed by atoms with Crippen molar-refractivity contribution in [2.75, 3.05) is 10.6 Å². The summed E-state index contributed by atoms with van der Waals surface area (Å²) in [5.74, 6) is 0.940. The van der Waals surface area contributed by atoms with Crippen molar-refractivity contribution < 1.29 is 0 Å². The molecule has 0 saturated heterocycles. The summed E-state index contributed by atoms with van der Waals surface area (Å²) in [4.78, 5) is 4.40. The lowest BCUT2D eigenvalue weighted by molar-refractivity contribution is 0.887. The minimum atomic E-state index is 0.259. The molecule has 0 radical (unpaired) electrons. The number of aryl methyl sites for hydroxylation is 1. The van der Waals surface area contributed by atoms with Crippen LogP contribution in [0.2, 0.25) is 0 Å². The summed E-state index contributed by atoms with van der Waals surface area (Å²) in [5.41, 5.74) is 4.67. The maximum atomic E-state index is 4.40. The molecule has 2 heterocycles. The van der Waals surface area contributed by atoms with Crippen LogP contribution >= 0.6 is 0 Å². The van der Waals surface area contributed by atoms with E-state index in [9.17, 15) is 0 Å². The smallest absolute Gasteiger partial charge is 0.135 e. The van der Waals surface area contributed by atoms with Crippen LogP contribution in [-0.2, 0) is 0 Å². The van der Waals surface area contributed by atoms with Gasteiger partial charge >= 0.3 is 0 Å². The minimum absolute atomic E-state index is 0.259. The zero-order chi connectivity index (χ0) is 11.8. The summed E-state index contributed by atoms with van der Waals surface area (Å²) in [6.45, 7) is 4.25. The quantitative estimate of drug-likeness (QED) is 0.719. The van der Waals surface area contributed by atoms with Crippen LogP contribution in [0.4, 0.5) is 17.2 Å². The Morgan fingerprint density at radius 3 is 2.94 bits per heavy atom. The van der Waals surface area contributed by atoms with Crippen LogP contribution in [0.5, 0.6) is 0 Å². The van der Waals surface area contributed by atoms with E-state index < -0.39 is 0 Å². The fourth-order valence-electron chi connectivity index (χ4n) is 2.20. The van der Waals surface area contributed by atoms with Gasteiger partial charge in [-0.15, -0.1) is 0 Å². The molecule has 1 aromatic heterocycles. The Balaban J connectivity index is 2.13. The topological polar surface area (TPSA) is 37.0 Å². The van der Waals surface area contributed by atoms with Gasteiger partial charge in [0.1, 0.15) is 5.82 Å². The number of hydrogen-bond acceptors (Lipinski definition) is 3. The Kier molecular flexibility index (Phi) is 2.25. The standard InChI is InChI=1S/C14H15N3/c1-9-5-6-12-13(8-9)16-10(2)11-4-3-7-15-14(11)17-12/h3-8,10,16H,1-2H3,(H,15,17). The summed E-state index contributed by atoms with van der Waals surface area (Å²) in [5, 5.41) is 6.90. The van der Waals surface area contributed by atoms with E-state index in [-0.39, 0.29) is 6.04 Å². The number of fused-ring (bicyclic) bond motifs is 2. The second-order valence-electron chi connectivity index (χ2n) is 4.48. The van der Waals surface area contributed by atoms with Crippen molar-refractivity contribution in [2.24, 2.45) is 0 Å². The van der Waals surface area contributed by atoms with Crippen LogP contribution in [0.15, 0.2) is 36.5 Å². The first kappa shape index (κ1) is 10.1. The lowest BCUT2D eigenvalue weighted by Gasteiger charge is -2.14. The van der Waals surface area contributed by atoms with E-state index in [2.05, 4.69) is 53.7 Å². The molecule has 2 aromatic rings. The summed E-state index contributed by atoms with van der Waals surface area (Å²) in [6, 6.07) is 10.7. The monoisotopic (exact) mass is 225 g/mol. The zero-order valence-electron chi connectivity index (χ0n) is 9.99. The van der Waals surface area contributed by atoms with E-state index in [1.165, 1.54) is 11.1 Å². The van der Waals surface area contributed by atoms with Gasteiger partial charge in [-0.1, -0.05) is 12.1 Å². The molecule has 1 atom stereocenters. The SMILES string of the molecule is Cc1ccc2c(c1)NC(C)c1cccnc1N2. The molecule has 1 aliphatic rings. The first-order valence-electron chi connectivity index (χ1n) is 5.83. The molecular formula is C14H15N3. The number of rotatable bonds is 0. The highest BCUT2D eigenvalue weighted by Crippen LogP contribution is 2.35. The first-order chi connectivity index (χ1) is 8.24. The fourth-order valence-corrected chi connectivity index (χ4v) is 2.20. The Labute approximate surface area is 101 Å². The summed E-state index contributed by atoms with van der Waals surface area (Å²) in [7, 11) is 0.